The van der Waals surface area contributed by atoms with Crippen LogP contribution in [0.15, 0.2) is 36.7 Å². The average Bonchev–Trinajstić information content (AvgIpc) is 3.15. The van der Waals surface area contributed by atoms with E-state index in [-0.39, 0.29) is 5.75 Å². The van der Waals surface area contributed by atoms with Gasteiger partial charge in [-0.25, -0.2) is 0 Å². The molecule has 0 aliphatic carbocycles. The molecule has 0 bridgehead atoms. The van der Waals surface area contributed by atoms with Gasteiger partial charge in [-0.2, -0.15) is 4.57 Å². The van der Waals surface area contributed by atoms with Gasteiger partial charge in [-0.1, -0.05) is 0 Å². The fourth-order valence-electron chi connectivity index (χ4n) is 4.74. The van der Waals surface area contributed by atoms with E-state index in [0.717, 1.165) is 43.7 Å². The molecule has 1 aliphatic heterocycles. The third kappa shape index (κ3) is 2.91. The van der Waals surface area contributed by atoms with Gasteiger partial charge in [0.2, 0.25) is 0 Å². The molecule has 162 valence electrons. The minimum absolute atomic E-state index is 0.190. The van der Waals surface area contributed by atoms with E-state index in [0.29, 0.717) is 0 Å². The number of benzene rings is 2. The van der Waals surface area contributed by atoms with Crippen LogP contribution in [0.5, 0.6) is 5.75 Å². The van der Waals surface area contributed by atoms with Gasteiger partial charge >= 0.3 is 0 Å². The quantitative estimate of drug-likeness (QED) is 0.266. The van der Waals surface area contributed by atoms with E-state index < -0.39 is 37.3 Å². The summed E-state index contributed by atoms with van der Waals surface area (Å²) in [4.78, 5) is 3.44. The lowest BCUT2D eigenvalue weighted by atomic mass is 9.96. The number of phenolic OH excluding ortho intramolecular Hbond substituents is 1. The number of aromatic amines is 1. The number of hydrogen-bond donors (Lipinski definition) is 6. The van der Waals surface area contributed by atoms with Gasteiger partial charge in [-0.05, 0) is 48.6 Å². The fourth-order valence-corrected chi connectivity index (χ4v) is 4.74. The van der Waals surface area contributed by atoms with E-state index in [1.165, 1.54) is 0 Å². The summed E-state index contributed by atoms with van der Waals surface area (Å²) >= 11 is 0. The zero-order valence-electron chi connectivity index (χ0n) is 17.1. The second-order valence-electron chi connectivity index (χ2n) is 8.29. The Hall–Kier alpha value is -2.75. The van der Waals surface area contributed by atoms with Crippen LogP contribution in [-0.4, -0.2) is 61.5 Å². The molecule has 1 saturated heterocycles. The number of ether oxygens (including phenoxy) is 1. The molecule has 8 nitrogen and oxygen atoms in total. The number of nitrogens with zero attached hydrogens (tertiary/aromatic N) is 1. The van der Waals surface area contributed by atoms with Gasteiger partial charge in [-0.15, -0.1) is 0 Å². The van der Waals surface area contributed by atoms with Crippen LogP contribution >= 0.6 is 0 Å². The number of hydrogen-bond acceptors (Lipinski definition) is 6. The molecule has 0 saturated carbocycles. The number of phenols is 1. The maximum Gasteiger partial charge on any atom is 0.292 e. The molecule has 1 fully saturated rings. The van der Waals surface area contributed by atoms with Gasteiger partial charge in [0.1, 0.15) is 24.1 Å². The highest BCUT2D eigenvalue weighted by Crippen LogP contribution is 2.37. The van der Waals surface area contributed by atoms with Crippen LogP contribution in [0.3, 0.4) is 0 Å². The first-order valence-corrected chi connectivity index (χ1v) is 10.2. The second kappa shape index (κ2) is 7.15. The molecular weight excluding hydrogens is 400 g/mol. The molecule has 0 unspecified atom stereocenters. The highest BCUT2D eigenvalue weighted by Gasteiger charge is 2.48. The lowest BCUT2D eigenvalue weighted by Crippen LogP contribution is -2.62. The number of aliphatic hydroxyl groups excluding tert-OH is 4. The lowest BCUT2D eigenvalue weighted by Gasteiger charge is -2.36. The van der Waals surface area contributed by atoms with E-state index in [9.17, 15) is 25.5 Å². The minimum atomic E-state index is -1.44. The molecule has 2 aromatic heterocycles. The Kier molecular flexibility index (Phi) is 4.65. The van der Waals surface area contributed by atoms with E-state index in [1.807, 2.05) is 32.2 Å². The van der Waals surface area contributed by atoms with E-state index in [4.69, 9.17) is 4.74 Å². The molecule has 31 heavy (non-hydrogen) atoms. The van der Waals surface area contributed by atoms with E-state index in [2.05, 4.69) is 4.98 Å². The SMILES string of the molecule is Cc1c2cc[n+]([C@@H]3O[C@H](CO)[C@H](O)[C@H](O)[C@H]3O)cc2c(C)c2c1[nH]c1ccc(O)cc12. The maximum atomic E-state index is 10.5. The molecule has 5 atom stereocenters. The number of rotatable bonds is 2. The number of nitrogens with one attached hydrogen (secondary N) is 1. The number of fused-ring (bicyclic) bond motifs is 4. The van der Waals surface area contributed by atoms with Crippen molar-refractivity contribution in [3.63, 3.8) is 0 Å². The first kappa shape index (κ1) is 20.2. The number of H-pyrrole nitrogens is 1. The second-order valence-corrected chi connectivity index (χ2v) is 8.29. The maximum absolute atomic E-state index is 10.5. The molecule has 3 heterocycles. The Morgan fingerprint density at radius 2 is 1.74 bits per heavy atom. The zero-order valence-corrected chi connectivity index (χ0v) is 17.1. The van der Waals surface area contributed by atoms with Gasteiger partial charge in [0.05, 0.1) is 12.1 Å². The van der Waals surface area contributed by atoms with Gasteiger partial charge < -0.3 is 35.3 Å². The first-order valence-electron chi connectivity index (χ1n) is 10.2. The molecule has 4 aromatic rings. The largest absolute Gasteiger partial charge is 0.508 e. The molecule has 0 radical (unpaired) electrons. The van der Waals surface area contributed by atoms with Crippen molar-refractivity contribution >= 4 is 32.6 Å². The fraction of sp³-hybridized carbons (Fsp3) is 0.348. The number of aryl methyl sites for hydroxylation is 2. The van der Waals surface area contributed by atoms with Crippen LogP contribution in [0.1, 0.15) is 17.4 Å². The van der Waals surface area contributed by atoms with E-state index >= 15 is 0 Å². The van der Waals surface area contributed by atoms with Crippen molar-refractivity contribution in [2.75, 3.05) is 6.61 Å². The van der Waals surface area contributed by atoms with Crippen LogP contribution in [-0.2, 0) is 4.74 Å². The van der Waals surface area contributed by atoms with Crippen LogP contribution in [0.2, 0.25) is 0 Å². The molecule has 0 amide bonds. The smallest absolute Gasteiger partial charge is 0.292 e. The molecule has 1 aliphatic rings. The normalized spacial score (nSPS) is 26.8. The minimum Gasteiger partial charge on any atom is -0.508 e. The molecule has 6 N–H and O–H groups in total. The molecular formula is C23H25N2O6+. The predicted octanol–water partition coefficient (Wildman–Crippen LogP) is 1.06. The molecule has 2 aromatic carbocycles. The third-order valence-corrected chi connectivity index (χ3v) is 6.48. The Morgan fingerprint density at radius 1 is 0.968 bits per heavy atom. The van der Waals surface area contributed by atoms with Crippen molar-refractivity contribution in [3.8, 4) is 5.75 Å². The summed E-state index contributed by atoms with van der Waals surface area (Å²) in [5.74, 6) is 0.190. The first-order chi connectivity index (χ1) is 14.8. The van der Waals surface area contributed by atoms with Crippen LogP contribution < -0.4 is 4.57 Å². The summed E-state index contributed by atoms with van der Waals surface area (Å²) in [5, 5.41) is 54.1. The van der Waals surface area contributed by atoms with Crippen molar-refractivity contribution in [2.45, 2.75) is 44.5 Å². The van der Waals surface area contributed by atoms with Gasteiger partial charge in [0.25, 0.3) is 6.23 Å². The molecule has 5 rings (SSSR count). The summed E-state index contributed by atoms with van der Waals surface area (Å²) in [6, 6.07) is 7.15. The van der Waals surface area contributed by atoms with Crippen LogP contribution in [0.25, 0.3) is 32.6 Å². The topological polar surface area (TPSA) is 130 Å². The van der Waals surface area contributed by atoms with E-state index in [1.54, 1.807) is 22.9 Å². The monoisotopic (exact) mass is 425 g/mol. The summed E-state index contributed by atoms with van der Waals surface area (Å²) in [5.41, 5.74) is 3.96. The van der Waals surface area contributed by atoms with Gasteiger partial charge in [-0.3, -0.25) is 0 Å². The van der Waals surface area contributed by atoms with Crippen molar-refractivity contribution in [3.05, 3.63) is 47.8 Å². The Labute approximate surface area is 177 Å². The summed E-state index contributed by atoms with van der Waals surface area (Å²) in [6.07, 6.45) is -2.57. The summed E-state index contributed by atoms with van der Waals surface area (Å²) in [6.45, 7) is 3.55. The standard InChI is InChI=1S/C23H24N2O6/c1-10-15-8-25(23-22(30)21(29)20(28)17(9-26)31-23)6-5-13(15)11(2)19-18(10)14-7-12(27)3-4-16(14)24-19/h3-8,17,20-23,26-30H,9H2,1-2H3/p+1/t17-,20+,21+,22-,23-/m1/s1. The predicted molar refractivity (Wildman–Crippen MR) is 114 cm³/mol. The average molecular weight is 425 g/mol. The molecule has 0 spiro atoms. The van der Waals surface area contributed by atoms with Crippen molar-refractivity contribution < 1.29 is 34.8 Å². The number of aliphatic hydroxyl groups is 4. The van der Waals surface area contributed by atoms with Crippen molar-refractivity contribution in [1.82, 2.24) is 4.98 Å². The summed E-state index contributed by atoms with van der Waals surface area (Å²) in [7, 11) is 0. The molecule has 8 heteroatoms. The highest BCUT2D eigenvalue weighted by atomic mass is 16.6. The van der Waals surface area contributed by atoms with Gasteiger partial charge in [0, 0.05) is 27.7 Å². The van der Waals surface area contributed by atoms with Crippen LogP contribution in [0, 0.1) is 13.8 Å². The van der Waals surface area contributed by atoms with Gasteiger partial charge in [0.15, 0.2) is 18.5 Å². The Morgan fingerprint density at radius 3 is 2.48 bits per heavy atom. The number of aromatic nitrogens is 2. The van der Waals surface area contributed by atoms with Crippen molar-refractivity contribution in [2.24, 2.45) is 0 Å². The highest BCUT2D eigenvalue weighted by molar-refractivity contribution is 6.16. The van der Waals surface area contributed by atoms with Crippen molar-refractivity contribution in [1.29, 1.82) is 0 Å². The Balaban J connectivity index is 1.72. The zero-order chi connectivity index (χ0) is 22.0. The summed E-state index contributed by atoms with van der Waals surface area (Å²) < 4.78 is 7.36. The third-order valence-electron chi connectivity index (χ3n) is 6.48. The van der Waals surface area contributed by atoms with Crippen LogP contribution in [0.4, 0.5) is 0 Å². The Bertz CT molecular complexity index is 1310. The lowest BCUT2D eigenvalue weighted by molar-refractivity contribution is -0.777. The number of pyridine rings is 1. The number of aromatic hydroxyl groups is 1.